The van der Waals surface area contributed by atoms with Crippen molar-refractivity contribution in [3.63, 3.8) is 0 Å². The highest BCUT2D eigenvalue weighted by atomic mass is 16.5. The minimum absolute atomic E-state index is 0.0377. The van der Waals surface area contributed by atoms with Crippen LogP contribution in [0.15, 0.2) is 12.2 Å². The fraction of sp³-hybridized carbons (Fsp3) is 0.778. The Labute approximate surface area is 130 Å². The Hall–Kier alpha value is -1.16. The molecule has 22 heavy (non-hydrogen) atoms. The first-order valence-electron chi connectivity index (χ1n) is 8.35. The Morgan fingerprint density at radius 3 is 2.82 bits per heavy atom. The second-order valence-corrected chi connectivity index (χ2v) is 8.46. The molecule has 2 aliphatic heterocycles. The van der Waals surface area contributed by atoms with Gasteiger partial charge in [0.15, 0.2) is 5.78 Å². The number of hydrogen-bond acceptors (Lipinski definition) is 3. The highest BCUT2D eigenvalue weighted by Gasteiger charge is 2.73. The van der Waals surface area contributed by atoms with Crippen LogP contribution in [0.5, 0.6) is 0 Å². The van der Waals surface area contributed by atoms with Gasteiger partial charge in [0.05, 0.1) is 11.7 Å². The topological polar surface area (TPSA) is 63.6 Å². The molecule has 0 aromatic heterocycles. The molecule has 4 heteroatoms. The van der Waals surface area contributed by atoms with E-state index in [4.69, 9.17) is 9.84 Å². The summed E-state index contributed by atoms with van der Waals surface area (Å²) in [6, 6.07) is 0. The Balaban J connectivity index is 1.78. The summed E-state index contributed by atoms with van der Waals surface area (Å²) in [4.78, 5) is 23.7. The fourth-order valence-electron chi connectivity index (χ4n) is 6.39. The Morgan fingerprint density at radius 2 is 2.18 bits per heavy atom. The van der Waals surface area contributed by atoms with Crippen LogP contribution in [0.3, 0.4) is 0 Å². The van der Waals surface area contributed by atoms with Crippen molar-refractivity contribution in [3.05, 3.63) is 12.2 Å². The molecule has 1 N–H and O–H groups in total. The fourth-order valence-corrected chi connectivity index (χ4v) is 6.39. The van der Waals surface area contributed by atoms with Crippen LogP contribution in [0.25, 0.3) is 0 Å². The number of rotatable bonds is 3. The van der Waals surface area contributed by atoms with E-state index in [9.17, 15) is 9.59 Å². The first-order valence-corrected chi connectivity index (χ1v) is 8.35. The number of hydrogen-bond donors (Lipinski definition) is 1. The van der Waals surface area contributed by atoms with Crippen molar-refractivity contribution in [2.75, 3.05) is 0 Å². The van der Waals surface area contributed by atoms with E-state index in [1.54, 1.807) is 6.08 Å². The van der Waals surface area contributed by atoms with Gasteiger partial charge in [-0.25, -0.2) is 0 Å². The number of ketones is 1. The molecule has 2 saturated heterocycles. The lowest BCUT2D eigenvalue weighted by atomic mass is 9.50. The molecule has 0 amide bonds. The summed E-state index contributed by atoms with van der Waals surface area (Å²) in [6.07, 6.45) is 6.48. The van der Waals surface area contributed by atoms with Gasteiger partial charge in [0.25, 0.3) is 0 Å². The lowest BCUT2D eigenvalue weighted by molar-refractivity contribution is -0.175. The number of carbonyl (C=O) groups is 2. The Bertz CT molecular complexity index is 596. The standard InChI is InChI=1S/C18H24O4/c1-10-11-8-18-7-4-12(19)16(2,6-5-13(20)21)15(18)14(10)22-17(11,3)9-18/h4,7,10-11,14-15H,5-6,8-9H2,1-3H3,(H,20,21)/t10-,11?,14?,15?,16?,17?,18?/m0/s1. The average molecular weight is 304 g/mol. The van der Waals surface area contributed by atoms with Crippen molar-refractivity contribution in [2.24, 2.45) is 28.6 Å². The van der Waals surface area contributed by atoms with Crippen LogP contribution < -0.4 is 0 Å². The van der Waals surface area contributed by atoms with Gasteiger partial charge in [-0.1, -0.05) is 19.9 Å². The molecule has 0 aromatic carbocycles. The summed E-state index contributed by atoms with van der Waals surface area (Å²) in [7, 11) is 0. The van der Waals surface area contributed by atoms with E-state index in [1.807, 2.05) is 6.92 Å². The smallest absolute Gasteiger partial charge is 0.303 e. The highest BCUT2D eigenvalue weighted by molar-refractivity contribution is 5.96. The molecule has 4 nitrogen and oxygen atoms in total. The molecule has 6 unspecified atom stereocenters. The average Bonchev–Trinajstić information content (AvgIpc) is 2.77. The molecular weight excluding hydrogens is 280 g/mol. The minimum atomic E-state index is -0.829. The molecular formula is C18H24O4. The maximum Gasteiger partial charge on any atom is 0.303 e. The molecule has 3 aliphatic carbocycles. The SMILES string of the molecule is C[C@@H]1C2OC3(C)CC4(C=CC(=O)C(C)(CCC(=O)O)C24)CC13. The zero-order chi connectivity index (χ0) is 15.9. The predicted octanol–water partition coefficient (Wildman–Crippen LogP) is 2.82. The number of ether oxygens (including phenoxy) is 1. The first-order chi connectivity index (χ1) is 10.2. The predicted molar refractivity (Wildman–Crippen MR) is 80.2 cm³/mol. The van der Waals surface area contributed by atoms with Crippen LogP contribution in [0.2, 0.25) is 0 Å². The third-order valence-electron chi connectivity index (χ3n) is 7.24. The summed E-state index contributed by atoms with van der Waals surface area (Å²) >= 11 is 0. The van der Waals surface area contributed by atoms with Crippen molar-refractivity contribution in [1.82, 2.24) is 0 Å². The van der Waals surface area contributed by atoms with Gasteiger partial charge >= 0.3 is 5.97 Å². The second-order valence-electron chi connectivity index (χ2n) is 8.46. The molecule has 0 radical (unpaired) electrons. The Morgan fingerprint density at radius 1 is 1.45 bits per heavy atom. The van der Waals surface area contributed by atoms with Crippen molar-refractivity contribution < 1.29 is 19.4 Å². The number of carbonyl (C=O) groups excluding carboxylic acids is 1. The van der Waals surface area contributed by atoms with Gasteiger partial charge in [0.2, 0.25) is 0 Å². The van der Waals surface area contributed by atoms with E-state index in [0.29, 0.717) is 18.3 Å². The molecule has 0 aromatic rings. The molecule has 2 heterocycles. The van der Waals surface area contributed by atoms with Crippen molar-refractivity contribution in [2.45, 2.75) is 58.2 Å². The molecule has 5 aliphatic rings. The molecule has 4 bridgehead atoms. The van der Waals surface area contributed by atoms with Gasteiger partial charge in [-0.05, 0) is 49.5 Å². The largest absolute Gasteiger partial charge is 0.481 e. The van der Waals surface area contributed by atoms with E-state index in [1.165, 1.54) is 0 Å². The molecule has 4 fully saturated rings. The van der Waals surface area contributed by atoms with Gasteiger partial charge in [-0.3, -0.25) is 9.59 Å². The van der Waals surface area contributed by atoms with Gasteiger partial charge in [0, 0.05) is 17.8 Å². The molecule has 2 saturated carbocycles. The number of carboxylic acids is 1. The third kappa shape index (κ3) is 1.52. The number of aliphatic carboxylic acids is 1. The summed E-state index contributed by atoms with van der Waals surface area (Å²) in [5.41, 5.74) is -0.627. The van der Waals surface area contributed by atoms with E-state index >= 15 is 0 Å². The normalized spacial score (nSPS) is 54.8. The molecule has 5 rings (SSSR count). The lowest BCUT2D eigenvalue weighted by Crippen LogP contribution is -2.57. The first kappa shape index (κ1) is 14.4. The number of carboxylic acid groups (broad SMARTS) is 1. The van der Waals surface area contributed by atoms with E-state index in [0.717, 1.165) is 12.8 Å². The van der Waals surface area contributed by atoms with Crippen molar-refractivity contribution in [3.8, 4) is 0 Å². The molecule has 7 atom stereocenters. The highest BCUT2D eigenvalue weighted by Crippen LogP contribution is 2.73. The summed E-state index contributed by atoms with van der Waals surface area (Å²) in [5, 5.41) is 9.08. The minimum Gasteiger partial charge on any atom is -0.481 e. The van der Waals surface area contributed by atoms with Crippen LogP contribution in [0, 0.1) is 28.6 Å². The van der Waals surface area contributed by atoms with Crippen LogP contribution in [-0.2, 0) is 14.3 Å². The Kier molecular flexibility index (Phi) is 2.64. The zero-order valence-electron chi connectivity index (χ0n) is 13.5. The van der Waals surface area contributed by atoms with Crippen LogP contribution in [0.4, 0.5) is 0 Å². The number of allylic oxidation sites excluding steroid dienone is 2. The van der Waals surface area contributed by atoms with Gasteiger partial charge in [-0.2, -0.15) is 0 Å². The second kappa shape index (κ2) is 4.02. The zero-order valence-corrected chi connectivity index (χ0v) is 13.5. The van der Waals surface area contributed by atoms with Crippen LogP contribution in [-0.4, -0.2) is 28.6 Å². The van der Waals surface area contributed by atoms with E-state index in [-0.39, 0.29) is 35.2 Å². The molecule has 120 valence electrons. The van der Waals surface area contributed by atoms with Gasteiger partial charge in [-0.15, -0.1) is 0 Å². The van der Waals surface area contributed by atoms with Gasteiger partial charge < -0.3 is 9.84 Å². The van der Waals surface area contributed by atoms with E-state index in [2.05, 4.69) is 19.9 Å². The lowest BCUT2D eigenvalue weighted by Gasteiger charge is -2.56. The van der Waals surface area contributed by atoms with E-state index < -0.39 is 11.4 Å². The summed E-state index contributed by atoms with van der Waals surface area (Å²) < 4.78 is 6.43. The van der Waals surface area contributed by atoms with Gasteiger partial charge in [0.1, 0.15) is 0 Å². The maximum absolute atomic E-state index is 12.7. The summed E-state index contributed by atoms with van der Waals surface area (Å²) in [5.74, 6) is 0.396. The van der Waals surface area contributed by atoms with Crippen LogP contribution in [0.1, 0.15) is 46.5 Å². The molecule has 1 spiro atoms. The monoisotopic (exact) mass is 304 g/mol. The third-order valence-corrected chi connectivity index (χ3v) is 7.24. The maximum atomic E-state index is 12.7. The van der Waals surface area contributed by atoms with Crippen LogP contribution >= 0.6 is 0 Å². The van der Waals surface area contributed by atoms with Crippen molar-refractivity contribution in [1.29, 1.82) is 0 Å². The van der Waals surface area contributed by atoms with Crippen molar-refractivity contribution >= 4 is 11.8 Å². The summed E-state index contributed by atoms with van der Waals surface area (Å²) in [6.45, 7) is 6.44. The quantitative estimate of drug-likeness (QED) is 0.871.